The lowest BCUT2D eigenvalue weighted by Crippen LogP contribution is -2.24. The molecule has 31 heavy (non-hydrogen) atoms. The Kier molecular flexibility index (Phi) is 5.77. The summed E-state index contributed by atoms with van der Waals surface area (Å²) in [6.07, 6.45) is 3.74. The Morgan fingerprint density at radius 3 is 1.65 bits per heavy atom. The molecule has 3 aromatic carbocycles. The molecule has 1 heterocycles. The van der Waals surface area contributed by atoms with E-state index in [0.29, 0.717) is 12.1 Å². The first-order valence-electron chi connectivity index (χ1n) is 9.97. The molecular weight excluding hydrogens is 382 g/mol. The highest BCUT2D eigenvalue weighted by Crippen LogP contribution is 2.37. The number of rotatable bonds is 5. The van der Waals surface area contributed by atoms with E-state index >= 15 is 0 Å². The SMILES string of the molecule is N#CC(C(N)=O)=C1C=C(c2ccccc2)N(Cc2ccccc2)C(c2ccccc2)=C1. The van der Waals surface area contributed by atoms with E-state index in [4.69, 9.17) is 5.73 Å². The maximum absolute atomic E-state index is 12.0. The molecule has 0 fully saturated rings. The number of nitrogens with two attached hydrogens (primary N) is 1. The quantitative estimate of drug-likeness (QED) is 0.487. The molecule has 1 amide bonds. The zero-order valence-electron chi connectivity index (χ0n) is 16.9. The summed E-state index contributed by atoms with van der Waals surface area (Å²) in [7, 11) is 0. The molecule has 0 aromatic heterocycles. The highest BCUT2D eigenvalue weighted by molar-refractivity contribution is 5.99. The average molecular weight is 403 g/mol. The van der Waals surface area contributed by atoms with Crippen molar-refractivity contribution in [2.45, 2.75) is 6.54 Å². The van der Waals surface area contributed by atoms with Crippen molar-refractivity contribution in [1.29, 1.82) is 5.26 Å². The lowest BCUT2D eigenvalue weighted by molar-refractivity contribution is -0.114. The zero-order valence-corrected chi connectivity index (χ0v) is 16.9. The number of nitriles is 1. The van der Waals surface area contributed by atoms with Crippen molar-refractivity contribution in [1.82, 2.24) is 4.90 Å². The molecule has 150 valence electrons. The number of allylic oxidation sites excluding steroid dienone is 3. The molecule has 0 aliphatic carbocycles. The third-order valence-corrected chi connectivity index (χ3v) is 5.14. The van der Waals surface area contributed by atoms with Crippen molar-refractivity contribution in [2.24, 2.45) is 5.73 Å². The number of amides is 1. The maximum atomic E-state index is 12.0. The van der Waals surface area contributed by atoms with Gasteiger partial charge in [0.2, 0.25) is 0 Å². The minimum atomic E-state index is -0.735. The molecule has 4 rings (SSSR count). The summed E-state index contributed by atoms with van der Waals surface area (Å²) in [5, 5.41) is 9.58. The van der Waals surface area contributed by atoms with Gasteiger partial charge in [-0.15, -0.1) is 0 Å². The highest BCUT2D eigenvalue weighted by atomic mass is 16.1. The first-order chi connectivity index (χ1) is 15.2. The first kappa shape index (κ1) is 19.9. The van der Waals surface area contributed by atoms with E-state index in [2.05, 4.69) is 17.0 Å². The van der Waals surface area contributed by atoms with Gasteiger partial charge in [0.05, 0.1) is 0 Å². The Balaban J connectivity index is 1.95. The van der Waals surface area contributed by atoms with E-state index in [1.165, 1.54) is 0 Å². The molecule has 2 N–H and O–H groups in total. The van der Waals surface area contributed by atoms with E-state index in [0.717, 1.165) is 28.1 Å². The lowest BCUT2D eigenvalue weighted by Gasteiger charge is -2.34. The van der Waals surface area contributed by atoms with Crippen LogP contribution in [0.25, 0.3) is 11.4 Å². The van der Waals surface area contributed by atoms with Crippen LogP contribution in [0.1, 0.15) is 16.7 Å². The monoisotopic (exact) mass is 403 g/mol. The minimum Gasteiger partial charge on any atom is -0.365 e. The molecular formula is C27H21N3O. The van der Waals surface area contributed by atoms with Crippen LogP contribution in [0.4, 0.5) is 0 Å². The van der Waals surface area contributed by atoms with Crippen LogP contribution in [0.15, 0.2) is 114 Å². The summed E-state index contributed by atoms with van der Waals surface area (Å²) in [4.78, 5) is 14.2. The highest BCUT2D eigenvalue weighted by Gasteiger charge is 2.24. The number of nitrogens with zero attached hydrogens (tertiary/aromatic N) is 2. The van der Waals surface area contributed by atoms with Gasteiger partial charge in [0, 0.05) is 23.5 Å². The molecule has 1 aliphatic rings. The van der Waals surface area contributed by atoms with Crippen LogP contribution in [0.2, 0.25) is 0 Å². The molecule has 4 heteroatoms. The topological polar surface area (TPSA) is 70.1 Å². The van der Waals surface area contributed by atoms with Gasteiger partial charge in [-0.25, -0.2) is 0 Å². The largest absolute Gasteiger partial charge is 0.365 e. The number of carbonyl (C=O) groups is 1. The molecule has 0 saturated heterocycles. The van der Waals surface area contributed by atoms with Crippen LogP contribution >= 0.6 is 0 Å². The fraction of sp³-hybridized carbons (Fsp3) is 0.0370. The van der Waals surface area contributed by atoms with Crippen molar-refractivity contribution in [3.8, 4) is 6.07 Å². The van der Waals surface area contributed by atoms with Gasteiger partial charge in [0.15, 0.2) is 0 Å². The molecule has 0 bridgehead atoms. The van der Waals surface area contributed by atoms with Crippen LogP contribution in [-0.2, 0) is 11.3 Å². The van der Waals surface area contributed by atoms with Crippen LogP contribution in [-0.4, -0.2) is 10.8 Å². The van der Waals surface area contributed by atoms with Gasteiger partial charge in [-0.3, -0.25) is 4.79 Å². The van der Waals surface area contributed by atoms with E-state index in [-0.39, 0.29) is 5.57 Å². The molecule has 4 nitrogen and oxygen atoms in total. The Bertz CT molecular complexity index is 1160. The van der Waals surface area contributed by atoms with Crippen LogP contribution in [0, 0.1) is 11.3 Å². The third-order valence-electron chi connectivity index (χ3n) is 5.14. The molecule has 0 radical (unpaired) electrons. The molecule has 3 aromatic rings. The molecule has 0 spiro atoms. The minimum absolute atomic E-state index is 0.0544. The van der Waals surface area contributed by atoms with Gasteiger partial charge in [-0.1, -0.05) is 91.0 Å². The van der Waals surface area contributed by atoms with Gasteiger partial charge in [0.1, 0.15) is 11.6 Å². The van der Waals surface area contributed by atoms with Crippen LogP contribution in [0.3, 0.4) is 0 Å². The fourth-order valence-electron chi connectivity index (χ4n) is 3.66. The normalized spacial score (nSPS) is 13.1. The standard InChI is InChI=1S/C27H21N3O/c28-18-24(27(29)31)23-16-25(21-12-6-2-7-13-21)30(19-20-10-4-1-5-11-20)26(17-23)22-14-8-3-9-15-22/h1-17H,19H2,(H2,29,31). The van der Waals surface area contributed by atoms with E-state index in [1.807, 2.05) is 97.1 Å². The maximum Gasteiger partial charge on any atom is 0.259 e. The van der Waals surface area contributed by atoms with Gasteiger partial charge >= 0.3 is 0 Å². The van der Waals surface area contributed by atoms with Gasteiger partial charge in [-0.2, -0.15) is 5.26 Å². The van der Waals surface area contributed by atoms with Gasteiger partial charge < -0.3 is 10.6 Å². The summed E-state index contributed by atoms with van der Waals surface area (Å²) < 4.78 is 0. The predicted molar refractivity (Wildman–Crippen MR) is 123 cm³/mol. The second-order valence-electron chi connectivity index (χ2n) is 7.17. The van der Waals surface area contributed by atoms with Crippen LogP contribution in [0.5, 0.6) is 0 Å². The van der Waals surface area contributed by atoms with Crippen molar-refractivity contribution >= 4 is 17.3 Å². The smallest absolute Gasteiger partial charge is 0.259 e. The second kappa shape index (κ2) is 8.98. The van der Waals surface area contributed by atoms with Crippen LogP contribution < -0.4 is 5.73 Å². The summed E-state index contributed by atoms with van der Waals surface area (Å²) in [5.41, 5.74) is 10.9. The predicted octanol–water partition coefficient (Wildman–Crippen LogP) is 4.89. The first-order valence-corrected chi connectivity index (χ1v) is 9.97. The lowest BCUT2D eigenvalue weighted by atomic mass is 9.95. The molecule has 0 unspecified atom stereocenters. The zero-order chi connectivity index (χ0) is 21.6. The second-order valence-corrected chi connectivity index (χ2v) is 7.17. The summed E-state index contributed by atoms with van der Waals surface area (Å²) >= 11 is 0. The summed E-state index contributed by atoms with van der Waals surface area (Å²) in [6.45, 7) is 0.633. The fourth-order valence-corrected chi connectivity index (χ4v) is 3.66. The number of benzene rings is 3. The summed E-state index contributed by atoms with van der Waals surface area (Å²) in [5.74, 6) is -0.735. The summed E-state index contributed by atoms with van der Waals surface area (Å²) in [6, 6.07) is 32.1. The Hall–Kier alpha value is -4.36. The molecule has 1 aliphatic heterocycles. The molecule has 0 saturated carbocycles. The third kappa shape index (κ3) is 4.31. The van der Waals surface area contributed by atoms with E-state index in [9.17, 15) is 10.1 Å². The van der Waals surface area contributed by atoms with Crippen molar-refractivity contribution in [3.05, 3.63) is 131 Å². The van der Waals surface area contributed by atoms with Gasteiger partial charge in [-0.05, 0) is 28.8 Å². The number of hydrogen-bond donors (Lipinski definition) is 1. The van der Waals surface area contributed by atoms with E-state index < -0.39 is 5.91 Å². The number of hydrogen-bond acceptors (Lipinski definition) is 3. The van der Waals surface area contributed by atoms with Crippen molar-refractivity contribution in [3.63, 3.8) is 0 Å². The Morgan fingerprint density at radius 2 is 1.23 bits per heavy atom. The number of carbonyl (C=O) groups excluding carboxylic acids is 1. The Labute approximate surface area is 181 Å². The van der Waals surface area contributed by atoms with E-state index in [1.54, 1.807) is 0 Å². The molecule has 0 atom stereocenters. The van der Waals surface area contributed by atoms with Gasteiger partial charge in [0.25, 0.3) is 5.91 Å². The van der Waals surface area contributed by atoms with Crippen molar-refractivity contribution in [2.75, 3.05) is 0 Å². The average Bonchev–Trinajstić information content (AvgIpc) is 2.81. The van der Waals surface area contributed by atoms with Crippen molar-refractivity contribution < 1.29 is 4.79 Å². The Morgan fingerprint density at radius 1 is 0.774 bits per heavy atom. The number of primary amides is 1.